The Morgan fingerprint density at radius 2 is 2.24 bits per heavy atom. The zero-order valence-corrected chi connectivity index (χ0v) is 12.4. The Balaban J connectivity index is 2.42. The smallest absolute Gasteiger partial charge is 0.222 e. The molecule has 1 heterocycles. The molecule has 3 unspecified atom stereocenters. The van der Waals surface area contributed by atoms with Crippen molar-refractivity contribution in [3.8, 4) is 6.07 Å². The number of hydrogen-bond acceptors (Lipinski definition) is 4. The summed E-state index contributed by atoms with van der Waals surface area (Å²) in [4.78, 5) is 13.6. The molecule has 3 atom stereocenters. The van der Waals surface area contributed by atoms with Crippen molar-refractivity contribution in [3.05, 3.63) is 29.3 Å². The predicted molar refractivity (Wildman–Crippen MR) is 80.5 cm³/mol. The van der Waals surface area contributed by atoms with Gasteiger partial charge >= 0.3 is 0 Å². The number of rotatable bonds is 3. The van der Waals surface area contributed by atoms with Gasteiger partial charge < -0.3 is 15.7 Å². The number of aliphatic hydroxyl groups excluding tert-OH is 1. The molecule has 1 fully saturated rings. The van der Waals surface area contributed by atoms with Crippen LogP contribution in [0.2, 0.25) is 0 Å². The quantitative estimate of drug-likeness (QED) is 0.885. The number of carbonyl (C=O) groups excluding carboxylic acids is 1. The molecule has 1 saturated heterocycles. The van der Waals surface area contributed by atoms with Crippen LogP contribution in [0.3, 0.4) is 0 Å². The second-order valence-corrected chi connectivity index (χ2v) is 5.74. The minimum atomic E-state index is -0.631. The summed E-state index contributed by atoms with van der Waals surface area (Å²) in [6.07, 6.45) is 1.02. The summed E-state index contributed by atoms with van der Waals surface area (Å²) in [5.74, 6) is -0.476. The van der Waals surface area contributed by atoms with Gasteiger partial charge in [-0.15, -0.1) is 0 Å². The fourth-order valence-corrected chi connectivity index (χ4v) is 2.89. The first kappa shape index (κ1) is 15.3. The third kappa shape index (κ3) is 3.17. The van der Waals surface area contributed by atoms with Crippen molar-refractivity contribution in [3.63, 3.8) is 0 Å². The molecule has 0 saturated carbocycles. The van der Waals surface area contributed by atoms with Gasteiger partial charge in [-0.25, -0.2) is 0 Å². The number of primary amides is 1. The predicted octanol–water partition coefficient (Wildman–Crippen LogP) is 1.70. The summed E-state index contributed by atoms with van der Waals surface area (Å²) in [6.45, 7) is 4.32. The van der Waals surface area contributed by atoms with E-state index < -0.39 is 6.10 Å². The standard InChI is InChI=1S/C16H21N3O2/c1-10-3-5-13(16(18)21)9-19(10)15-7-12(8-17)4-6-14(15)11(2)20/h4,6-7,10-11,13,20H,3,5,9H2,1-2H3,(H2,18,21). The maximum Gasteiger partial charge on any atom is 0.222 e. The van der Waals surface area contributed by atoms with E-state index in [2.05, 4.69) is 17.9 Å². The summed E-state index contributed by atoms with van der Waals surface area (Å²) >= 11 is 0. The molecule has 0 spiro atoms. The van der Waals surface area contributed by atoms with E-state index in [-0.39, 0.29) is 17.9 Å². The van der Waals surface area contributed by atoms with E-state index in [1.165, 1.54) is 0 Å². The van der Waals surface area contributed by atoms with Crippen molar-refractivity contribution < 1.29 is 9.90 Å². The molecule has 5 heteroatoms. The molecule has 2 rings (SSSR count). The average Bonchev–Trinajstić information content (AvgIpc) is 2.46. The SMILES string of the molecule is CC(O)c1ccc(C#N)cc1N1CC(C(N)=O)CCC1C. The number of nitrogens with zero attached hydrogens (tertiary/aromatic N) is 2. The third-order valence-electron chi connectivity index (χ3n) is 4.20. The van der Waals surface area contributed by atoms with Gasteiger partial charge in [-0.05, 0) is 38.8 Å². The van der Waals surface area contributed by atoms with Crippen LogP contribution in [0, 0.1) is 17.2 Å². The van der Waals surface area contributed by atoms with Crippen LogP contribution in [-0.4, -0.2) is 23.6 Å². The van der Waals surface area contributed by atoms with Gasteiger partial charge in [0.15, 0.2) is 0 Å². The van der Waals surface area contributed by atoms with Gasteiger partial charge in [-0.1, -0.05) is 6.07 Å². The lowest BCUT2D eigenvalue weighted by molar-refractivity contribution is -0.122. The first-order chi connectivity index (χ1) is 9.93. The van der Waals surface area contributed by atoms with Crippen molar-refractivity contribution in [2.24, 2.45) is 11.7 Å². The normalized spacial score (nSPS) is 23.4. The number of hydrogen-bond donors (Lipinski definition) is 2. The van der Waals surface area contributed by atoms with E-state index in [9.17, 15) is 9.90 Å². The van der Waals surface area contributed by atoms with E-state index in [1.54, 1.807) is 25.1 Å². The lowest BCUT2D eigenvalue weighted by atomic mass is 9.91. The molecule has 1 aliphatic heterocycles. The summed E-state index contributed by atoms with van der Waals surface area (Å²) in [5.41, 5.74) is 7.57. The topological polar surface area (TPSA) is 90.3 Å². The number of nitriles is 1. The zero-order chi connectivity index (χ0) is 15.6. The number of aliphatic hydroxyl groups is 1. The monoisotopic (exact) mass is 287 g/mol. The summed E-state index contributed by atoms with van der Waals surface area (Å²) < 4.78 is 0. The van der Waals surface area contributed by atoms with E-state index in [4.69, 9.17) is 11.0 Å². The third-order valence-corrected chi connectivity index (χ3v) is 4.20. The Bertz CT molecular complexity index is 577. The lowest BCUT2D eigenvalue weighted by Crippen LogP contribution is -2.46. The largest absolute Gasteiger partial charge is 0.389 e. The van der Waals surface area contributed by atoms with Gasteiger partial charge in [0, 0.05) is 23.8 Å². The molecule has 1 amide bonds. The highest BCUT2D eigenvalue weighted by molar-refractivity contribution is 5.78. The van der Waals surface area contributed by atoms with Crippen LogP contribution >= 0.6 is 0 Å². The molecule has 3 N–H and O–H groups in total. The maximum absolute atomic E-state index is 11.5. The molecule has 0 radical (unpaired) electrons. The number of amides is 1. The molecule has 0 aliphatic carbocycles. The first-order valence-corrected chi connectivity index (χ1v) is 7.22. The van der Waals surface area contributed by atoms with Crippen LogP contribution in [0.1, 0.15) is 43.9 Å². The van der Waals surface area contributed by atoms with Crippen LogP contribution in [0.25, 0.3) is 0 Å². The van der Waals surface area contributed by atoms with Gasteiger partial charge in [0.25, 0.3) is 0 Å². The zero-order valence-electron chi connectivity index (χ0n) is 12.4. The summed E-state index contributed by atoms with van der Waals surface area (Å²) in [7, 11) is 0. The molecule has 1 aromatic carbocycles. The van der Waals surface area contributed by atoms with Gasteiger partial charge in [-0.3, -0.25) is 4.79 Å². The van der Waals surface area contributed by atoms with Gasteiger partial charge in [0.2, 0.25) is 5.91 Å². The van der Waals surface area contributed by atoms with E-state index >= 15 is 0 Å². The van der Waals surface area contributed by atoms with Gasteiger partial charge in [0.05, 0.1) is 23.7 Å². The van der Waals surface area contributed by atoms with Gasteiger partial charge in [-0.2, -0.15) is 5.26 Å². The molecule has 5 nitrogen and oxygen atoms in total. The summed E-state index contributed by atoms with van der Waals surface area (Å²) in [6, 6.07) is 7.62. The van der Waals surface area contributed by atoms with Crippen molar-refractivity contribution in [2.45, 2.75) is 38.8 Å². The molecule has 1 aromatic rings. The molecule has 112 valence electrons. The molecule has 0 aromatic heterocycles. The second-order valence-electron chi connectivity index (χ2n) is 5.74. The van der Waals surface area contributed by atoms with Gasteiger partial charge in [0.1, 0.15) is 0 Å². The van der Waals surface area contributed by atoms with Crippen LogP contribution in [-0.2, 0) is 4.79 Å². The minimum absolute atomic E-state index is 0.186. The van der Waals surface area contributed by atoms with Crippen LogP contribution < -0.4 is 10.6 Å². The van der Waals surface area contributed by atoms with Crippen LogP contribution in [0.4, 0.5) is 5.69 Å². The van der Waals surface area contributed by atoms with Crippen molar-refractivity contribution >= 4 is 11.6 Å². The highest BCUT2D eigenvalue weighted by Crippen LogP contribution is 2.33. The fraction of sp³-hybridized carbons (Fsp3) is 0.500. The highest BCUT2D eigenvalue weighted by atomic mass is 16.3. The van der Waals surface area contributed by atoms with E-state index in [0.29, 0.717) is 12.1 Å². The number of carbonyl (C=O) groups is 1. The van der Waals surface area contributed by atoms with Crippen molar-refractivity contribution in [2.75, 3.05) is 11.4 Å². The number of anilines is 1. The molecule has 1 aliphatic rings. The number of piperidine rings is 1. The van der Waals surface area contributed by atoms with Crippen molar-refractivity contribution in [1.29, 1.82) is 5.26 Å². The van der Waals surface area contributed by atoms with E-state index in [1.807, 2.05) is 0 Å². The van der Waals surface area contributed by atoms with Crippen molar-refractivity contribution in [1.82, 2.24) is 0 Å². The van der Waals surface area contributed by atoms with Crippen LogP contribution in [0.15, 0.2) is 18.2 Å². The molecular weight excluding hydrogens is 266 g/mol. The minimum Gasteiger partial charge on any atom is -0.389 e. The number of nitrogens with two attached hydrogens (primary N) is 1. The van der Waals surface area contributed by atoms with E-state index in [0.717, 1.165) is 24.1 Å². The lowest BCUT2D eigenvalue weighted by Gasteiger charge is -2.40. The highest BCUT2D eigenvalue weighted by Gasteiger charge is 2.30. The number of benzene rings is 1. The maximum atomic E-state index is 11.5. The Morgan fingerprint density at radius 1 is 1.52 bits per heavy atom. The molecule has 21 heavy (non-hydrogen) atoms. The Labute approximate surface area is 125 Å². The first-order valence-electron chi connectivity index (χ1n) is 7.22. The summed E-state index contributed by atoms with van der Waals surface area (Å²) in [5, 5.41) is 19.0. The second kappa shape index (κ2) is 6.15. The average molecular weight is 287 g/mol. The Kier molecular flexibility index (Phi) is 4.49. The fourth-order valence-electron chi connectivity index (χ4n) is 2.89. The Hall–Kier alpha value is -2.06. The Morgan fingerprint density at radius 3 is 2.81 bits per heavy atom. The molecule has 0 bridgehead atoms. The molecular formula is C16H21N3O2. The van der Waals surface area contributed by atoms with Crippen LogP contribution in [0.5, 0.6) is 0 Å².